The van der Waals surface area contributed by atoms with Crippen molar-refractivity contribution in [1.82, 2.24) is 0 Å². The number of hydrogen-bond acceptors (Lipinski definition) is 5. The van der Waals surface area contributed by atoms with Crippen molar-refractivity contribution in [2.24, 2.45) is 11.5 Å². The Bertz CT molecular complexity index is 68.1. The summed E-state index contributed by atoms with van der Waals surface area (Å²) in [4.78, 5) is 0. The molecule has 0 unspecified atom stereocenters. The zero-order chi connectivity index (χ0) is 7.28. The van der Waals surface area contributed by atoms with E-state index in [0.29, 0.717) is 0 Å². The lowest BCUT2D eigenvalue weighted by Gasteiger charge is -2.11. The maximum absolute atomic E-state index is 5.07. The molecule has 0 amide bonds. The van der Waals surface area contributed by atoms with Gasteiger partial charge in [-0.2, -0.15) is 0 Å². The van der Waals surface area contributed by atoms with Crippen LogP contribution in [0.25, 0.3) is 0 Å². The van der Waals surface area contributed by atoms with E-state index >= 15 is 0 Å². The molecule has 0 bridgehead atoms. The summed E-state index contributed by atoms with van der Waals surface area (Å²) < 4.78 is 14.2. The topological polar surface area (TPSA) is 79.7 Å². The van der Waals surface area contributed by atoms with Crippen molar-refractivity contribution in [2.45, 2.75) is 6.35 Å². The molecule has 1 radical (unpaired) electrons. The van der Waals surface area contributed by atoms with Gasteiger partial charge < -0.3 is 13.3 Å². The highest BCUT2D eigenvalue weighted by Crippen LogP contribution is 1.86. The highest BCUT2D eigenvalue weighted by molar-refractivity contribution is 6.36. The van der Waals surface area contributed by atoms with Crippen molar-refractivity contribution in [3.05, 3.63) is 0 Å². The van der Waals surface area contributed by atoms with Gasteiger partial charge in [-0.25, -0.2) is 0 Å². The van der Waals surface area contributed by atoms with Crippen LogP contribution in [0.2, 0.25) is 0 Å². The molecule has 0 aliphatic carbocycles. The summed E-state index contributed by atoms with van der Waals surface area (Å²) >= 11 is 0. The summed E-state index contributed by atoms with van der Waals surface area (Å²) in [6.45, 7) is 0. The minimum absolute atomic E-state index is 0.821. The van der Waals surface area contributed by atoms with Crippen LogP contribution < -0.4 is 11.5 Å². The van der Waals surface area contributed by atoms with E-state index in [1.54, 1.807) is 0 Å². The molecule has 0 rings (SSSR count). The van der Waals surface area contributed by atoms with Gasteiger partial charge in [-0.15, -0.1) is 0 Å². The van der Waals surface area contributed by atoms with Crippen LogP contribution >= 0.6 is 0 Å². The second-order valence-corrected chi connectivity index (χ2v) is 2.79. The van der Waals surface area contributed by atoms with Crippen molar-refractivity contribution in [3.63, 3.8) is 0 Å². The SMILES string of the molecule is CO[Si](OC)OC(N)N. The fraction of sp³-hybridized carbons (Fsp3) is 1.00. The van der Waals surface area contributed by atoms with E-state index in [1.165, 1.54) is 14.2 Å². The first kappa shape index (κ1) is 9.02. The van der Waals surface area contributed by atoms with Gasteiger partial charge in [0, 0.05) is 14.2 Å². The summed E-state index contributed by atoms with van der Waals surface area (Å²) in [7, 11) is 1.27. The first-order valence-corrected chi connectivity index (χ1v) is 3.56. The monoisotopic (exact) mass is 151 g/mol. The fourth-order valence-corrected chi connectivity index (χ4v) is 0.872. The van der Waals surface area contributed by atoms with Crippen LogP contribution in [0.15, 0.2) is 0 Å². The Balaban J connectivity index is 3.31. The summed E-state index contributed by atoms with van der Waals surface area (Å²) in [6.07, 6.45) is -0.821. The summed E-state index contributed by atoms with van der Waals surface area (Å²) in [5, 5.41) is 0. The molecule has 0 aliphatic rings. The second-order valence-electron chi connectivity index (χ2n) is 1.24. The van der Waals surface area contributed by atoms with E-state index in [4.69, 9.17) is 24.7 Å². The molecule has 0 spiro atoms. The van der Waals surface area contributed by atoms with Gasteiger partial charge in [0.05, 0.1) is 0 Å². The highest BCUT2D eigenvalue weighted by Gasteiger charge is 2.16. The average Bonchev–Trinajstić information content (AvgIpc) is 1.82. The van der Waals surface area contributed by atoms with Crippen molar-refractivity contribution < 1.29 is 13.3 Å². The lowest BCUT2D eigenvalue weighted by molar-refractivity contribution is 0.0925. The lowest BCUT2D eigenvalue weighted by atomic mass is 11.1. The van der Waals surface area contributed by atoms with E-state index in [9.17, 15) is 0 Å². The largest absolute Gasteiger partial charge is 0.579 e. The standard InChI is InChI=1S/C3H11N2O3Si/c1-6-9(7-2)8-3(4)5/h3H,4-5H2,1-2H3. The zero-order valence-electron chi connectivity index (χ0n) is 5.46. The van der Waals surface area contributed by atoms with Crippen LogP contribution in [0.3, 0.4) is 0 Å². The van der Waals surface area contributed by atoms with Gasteiger partial charge in [0.15, 0.2) is 6.35 Å². The quantitative estimate of drug-likeness (QED) is 0.377. The van der Waals surface area contributed by atoms with Crippen LogP contribution in [-0.4, -0.2) is 30.1 Å². The third-order valence-electron chi connectivity index (χ3n) is 0.566. The molecule has 9 heavy (non-hydrogen) atoms. The minimum Gasteiger partial charge on any atom is -0.374 e. The van der Waals surface area contributed by atoms with Gasteiger partial charge in [-0.3, -0.25) is 11.5 Å². The Morgan fingerprint density at radius 3 is 1.78 bits per heavy atom. The van der Waals surface area contributed by atoms with E-state index in [0.717, 1.165) is 0 Å². The summed E-state index contributed by atoms with van der Waals surface area (Å²) in [6, 6.07) is 0. The molecule has 0 fully saturated rings. The fourth-order valence-electron chi connectivity index (χ4n) is 0.291. The van der Waals surface area contributed by atoms with Gasteiger partial charge in [-0.1, -0.05) is 0 Å². The van der Waals surface area contributed by atoms with Crippen LogP contribution in [0, 0.1) is 0 Å². The molecule has 0 saturated carbocycles. The molecule has 0 aromatic heterocycles. The van der Waals surface area contributed by atoms with Crippen LogP contribution in [0.1, 0.15) is 0 Å². The first-order chi connectivity index (χ1) is 4.20. The Labute approximate surface area is 55.8 Å². The number of hydrogen-bond donors (Lipinski definition) is 2. The molecule has 0 atom stereocenters. The van der Waals surface area contributed by atoms with Crippen molar-refractivity contribution in [3.8, 4) is 0 Å². The zero-order valence-corrected chi connectivity index (χ0v) is 6.46. The number of nitrogens with two attached hydrogens (primary N) is 2. The highest BCUT2D eigenvalue weighted by atomic mass is 28.3. The Morgan fingerprint density at radius 2 is 1.67 bits per heavy atom. The summed E-state index contributed by atoms with van der Waals surface area (Å²) in [5.41, 5.74) is 10.1. The smallest absolute Gasteiger partial charge is 0.374 e. The number of rotatable bonds is 4. The van der Waals surface area contributed by atoms with Crippen LogP contribution in [0.5, 0.6) is 0 Å². The molecular weight excluding hydrogens is 140 g/mol. The Kier molecular flexibility index (Phi) is 4.86. The van der Waals surface area contributed by atoms with Gasteiger partial charge in [-0.05, 0) is 0 Å². The molecule has 0 heterocycles. The van der Waals surface area contributed by atoms with Crippen molar-refractivity contribution in [1.29, 1.82) is 0 Å². The van der Waals surface area contributed by atoms with Crippen LogP contribution in [-0.2, 0) is 13.3 Å². The lowest BCUT2D eigenvalue weighted by Crippen LogP contribution is -2.41. The minimum atomic E-state index is -1.67. The molecule has 5 nitrogen and oxygen atoms in total. The predicted octanol–water partition coefficient (Wildman–Crippen LogP) is -1.52. The molecule has 0 saturated heterocycles. The van der Waals surface area contributed by atoms with E-state index in [2.05, 4.69) is 0 Å². The van der Waals surface area contributed by atoms with Crippen LogP contribution in [0.4, 0.5) is 0 Å². The third-order valence-corrected chi connectivity index (χ3v) is 1.70. The molecule has 55 valence electrons. The van der Waals surface area contributed by atoms with Gasteiger partial charge in [0.1, 0.15) is 0 Å². The van der Waals surface area contributed by atoms with E-state index in [1.807, 2.05) is 0 Å². The maximum Gasteiger partial charge on any atom is 0.579 e. The second kappa shape index (κ2) is 4.85. The van der Waals surface area contributed by atoms with Gasteiger partial charge in [0.25, 0.3) is 0 Å². The third kappa shape index (κ3) is 4.52. The normalized spacial score (nSPS) is 11.3. The van der Waals surface area contributed by atoms with E-state index < -0.39 is 15.9 Å². The maximum atomic E-state index is 5.07. The molecule has 6 heteroatoms. The molecule has 0 aliphatic heterocycles. The molecule has 0 aromatic carbocycles. The molecular formula is C3H11N2O3Si. The van der Waals surface area contributed by atoms with Gasteiger partial charge in [0.2, 0.25) is 0 Å². The predicted molar refractivity (Wildman–Crippen MR) is 33.0 cm³/mol. The van der Waals surface area contributed by atoms with Crippen molar-refractivity contribution >= 4 is 9.53 Å². The van der Waals surface area contributed by atoms with Crippen molar-refractivity contribution in [2.75, 3.05) is 14.2 Å². The average molecular weight is 151 g/mol. The first-order valence-electron chi connectivity index (χ1n) is 2.33. The summed E-state index contributed by atoms with van der Waals surface area (Å²) in [5.74, 6) is 0. The van der Waals surface area contributed by atoms with E-state index in [-0.39, 0.29) is 0 Å². The Morgan fingerprint density at radius 1 is 1.22 bits per heavy atom. The molecule has 4 N–H and O–H groups in total. The Hall–Kier alpha value is 0.0169. The van der Waals surface area contributed by atoms with Gasteiger partial charge >= 0.3 is 9.53 Å². The molecule has 0 aromatic rings.